The van der Waals surface area contributed by atoms with E-state index < -0.39 is 5.97 Å². The average molecular weight is 314 g/mol. The van der Waals surface area contributed by atoms with Gasteiger partial charge in [0.1, 0.15) is 0 Å². The molecule has 112 valence electrons. The third-order valence-electron chi connectivity index (χ3n) is 3.45. The van der Waals surface area contributed by atoms with Gasteiger partial charge in [0, 0.05) is 12.1 Å². The Morgan fingerprint density at radius 1 is 1.32 bits per heavy atom. The summed E-state index contributed by atoms with van der Waals surface area (Å²) in [4.78, 5) is 28.0. The lowest BCUT2D eigenvalue weighted by Gasteiger charge is -2.06. The summed E-state index contributed by atoms with van der Waals surface area (Å²) < 4.78 is 1.90. The first-order valence-corrected chi connectivity index (χ1v) is 7.71. The van der Waals surface area contributed by atoms with Gasteiger partial charge in [-0.2, -0.15) is 0 Å². The van der Waals surface area contributed by atoms with Gasteiger partial charge in [0.25, 0.3) is 0 Å². The molecule has 0 bridgehead atoms. The zero-order chi connectivity index (χ0) is 15.7. The second-order valence-electron chi connectivity index (χ2n) is 4.97. The highest BCUT2D eigenvalue weighted by molar-refractivity contribution is 7.13. The van der Waals surface area contributed by atoms with Crippen molar-refractivity contribution in [2.45, 2.75) is 19.9 Å². The van der Waals surface area contributed by atoms with E-state index in [4.69, 9.17) is 5.11 Å². The van der Waals surface area contributed by atoms with Crippen LogP contribution in [-0.4, -0.2) is 26.4 Å². The maximum Gasteiger partial charge on any atom is 0.305 e. The predicted octanol–water partition coefficient (Wildman–Crippen LogP) is 3.44. The summed E-state index contributed by atoms with van der Waals surface area (Å²) in [5.74, 6) is -0.119. The van der Waals surface area contributed by atoms with Gasteiger partial charge in [-0.05, 0) is 36.6 Å². The topological polar surface area (TPSA) is 72.2 Å². The summed E-state index contributed by atoms with van der Waals surface area (Å²) in [5, 5.41) is 10.9. The van der Waals surface area contributed by atoms with Gasteiger partial charge in [0.15, 0.2) is 11.6 Å². The molecule has 3 rings (SSSR count). The number of Topliss-reactive ketones (excluding diaryl/α,β-unsaturated/α-hetero) is 1. The van der Waals surface area contributed by atoms with Crippen LogP contribution in [0.3, 0.4) is 0 Å². The van der Waals surface area contributed by atoms with E-state index in [0.717, 1.165) is 16.2 Å². The number of hydrogen-bond acceptors (Lipinski definition) is 4. The van der Waals surface area contributed by atoms with Crippen molar-refractivity contribution in [3.05, 3.63) is 41.3 Å². The zero-order valence-corrected chi connectivity index (χ0v) is 12.8. The Bertz CT molecular complexity index is 850. The normalized spacial score (nSPS) is 11.0. The Balaban J connectivity index is 2.16. The van der Waals surface area contributed by atoms with Crippen LogP contribution in [0.1, 0.15) is 23.7 Å². The summed E-state index contributed by atoms with van der Waals surface area (Å²) in [6.45, 7) is 1.86. The highest BCUT2D eigenvalue weighted by atomic mass is 32.1. The molecular formula is C16H14N2O3S. The molecule has 0 saturated carbocycles. The van der Waals surface area contributed by atoms with E-state index in [1.54, 1.807) is 23.5 Å². The lowest BCUT2D eigenvalue weighted by atomic mass is 10.1. The smallest absolute Gasteiger partial charge is 0.305 e. The molecule has 2 aromatic heterocycles. The minimum Gasteiger partial charge on any atom is -0.481 e. The van der Waals surface area contributed by atoms with Crippen LogP contribution < -0.4 is 0 Å². The minimum absolute atomic E-state index is 0.0142. The molecule has 0 atom stereocenters. The SMILES string of the molecule is CC(=O)c1ccc2c(c1)nc(-c1cccs1)n2CCC(=O)O. The van der Waals surface area contributed by atoms with Crippen molar-refractivity contribution in [1.29, 1.82) is 0 Å². The number of ketones is 1. The van der Waals surface area contributed by atoms with Gasteiger partial charge in [-0.25, -0.2) is 4.98 Å². The van der Waals surface area contributed by atoms with E-state index in [9.17, 15) is 9.59 Å². The number of carbonyl (C=O) groups excluding carboxylic acids is 1. The number of rotatable bonds is 5. The van der Waals surface area contributed by atoms with E-state index >= 15 is 0 Å². The number of hydrogen-bond donors (Lipinski definition) is 1. The molecule has 22 heavy (non-hydrogen) atoms. The van der Waals surface area contributed by atoms with Gasteiger partial charge in [-0.15, -0.1) is 11.3 Å². The number of carboxylic acids is 1. The number of carboxylic acid groups (broad SMARTS) is 1. The number of carbonyl (C=O) groups is 2. The molecule has 0 radical (unpaired) electrons. The first kappa shape index (κ1) is 14.5. The maximum atomic E-state index is 11.5. The summed E-state index contributed by atoms with van der Waals surface area (Å²) in [6.07, 6.45) is 0.0261. The lowest BCUT2D eigenvalue weighted by molar-refractivity contribution is -0.137. The maximum absolute atomic E-state index is 11.5. The molecule has 0 fully saturated rings. The van der Waals surface area contributed by atoms with Crippen molar-refractivity contribution < 1.29 is 14.7 Å². The molecule has 0 spiro atoms. The molecule has 0 aliphatic carbocycles. The fraction of sp³-hybridized carbons (Fsp3) is 0.188. The molecule has 6 heteroatoms. The first-order chi connectivity index (χ1) is 10.6. The third-order valence-corrected chi connectivity index (χ3v) is 4.31. The Kier molecular flexibility index (Phi) is 3.77. The summed E-state index contributed by atoms with van der Waals surface area (Å²) in [7, 11) is 0. The quantitative estimate of drug-likeness (QED) is 0.732. The number of aromatic nitrogens is 2. The molecule has 0 aliphatic heterocycles. The number of nitrogens with zero attached hydrogens (tertiary/aromatic N) is 2. The first-order valence-electron chi connectivity index (χ1n) is 6.83. The van der Waals surface area contributed by atoms with Crippen LogP contribution in [0.15, 0.2) is 35.7 Å². The standard InChI is InChI=1S/C16H14N2O3S/c1-10(19)11-4-5-13-12(9-11)17-16(14-3-2-8-22-14)18(13)7-6-15(20)21/h2-5,8-9H,6-7H2,1H3,(H,20,21). The molecule has 5 nitrogen and oxygen atoms in total. The average Bonchev–Trinajstić information content (AvgIpc) is 3.11. The molecule has 3 aromatic rings. The van der Waals surface area contributed by atoms with Crippen LogP contribution in [0, 0.1) is 0 Å². The van der Waals surface area contributed by atoms with Crippen molar-refractivity contribution in [1.82, 2.24) is 9.55 Å². The van der Waals surface area contributed by atoms with Gasteiger partial charge in [0.05, 0.1) is 22.3 Å². The molecule has 1 N–H and O–H groups in total. The number of imidazole rings is 1. The van der Waals surface area contributed by atoms with Gasteiger partial charge < -0.3 is 9.67 Å². The molecule has 0 unspecified atom stereocenters. The highest BCUT2D eigenvalue weighted by Gasteiger charge is 2.15. The van der Waals surface area contributed by atoms with Crippen LogP contribution in [-0.2, 0) is 11.3 Å². The molecule has 0 saturated heterocycles. The summed E-state index contributed by atoms with van der Waals surface area (Å²) >= 11 is 1.55. The third kappa shape index (κ3) is 2.65. The zero-order valence-electron chi connectivity index (χ0n) is 11.9. The van der Waals surface area contributed by atoms with Crippen molar-refractivity contribution in [2.75, 3.05) is 0 Å². The van der Waals surface area contributed by atoms with Crippen molar-refractivity contribution in [3.63, 3.8) is 0 Å². The number of aliphatic carboxylic acids is 1. The highest BCUT2D eigenvalue weighted by Crippen LogP contribution is 2.29. The fourth-order valence-corrected chi connectivity index (χ4v) is 3.10. The minimum atomic E-state index is -0.848. The van der Waals surface area contributed by atoms with Crippen molar-refractivity contribution >= 4 is 34.1 Å². The number of aryl methyl sites for hydroxylation is 1. The summed E-state index contributed by atoms with van der Waals surface area (Å²) in [6, 6.07) is 9.22. The van der Waals surface area contributed by atoms with E-state index in [0.29, 0.717) is 17.6 Å². The van der Waals surface area contributed by atoms with E-state index in [-0.39, 0.29) is 12.2 Å². The Hall–Kier alpha value is -2.47. The van der Waals surface area contributed by atoms with E-state index in [1.807, 2.05) is 28.1 Å². The van der Waals surface area contributed by atoms with Gasteiger partial charge >= 0.3 is 5.97 Å². The summed E-state index contributed by atoms with van der Waals surface area (Å²) in [5.41, 5.74) is 2.16. The van der Waals surface area contributed by atoms with Crippen LogP contribution in [0.4, 0.5) is 0 Å². The van der Waals surface area contributed by atoms with Gasteiger partial charge in [-0.3, -0.25) is 9.59 Å². The second kappa shape index (κ2) is 5.73. The monoisotopic (exact) mass is 314 g/mol. The van der Waals surface area contributed by atoms with Gasteiger partial charge in [-0.1, -0.05) is 6.07 Å². The molecule has 0 amide bonds. The Morgan fingerprint density at radius 2 is 2.14 bits per heavy atom. The second-order valence-corrected chi connectivity index (χ2v) is 5.92. The molecular weight excluding hydrogens is 300 g/mol. The van der Waals surface area contributed by atoms with E-state index in [2.05, 4.69) is 4.98 Å². The van der Waals surface area contributed by atoms with Crippen LogP contribution in [0.25, 0.3) is 21.7 Å². The van der Waals surface area contributed by atoms with Crippen LogP contribution in [0.2, 0.25) is 0 Å². The Morgan fingerprint density at radius 3 is 2.77 bits per heavy atom. The Labute approximate surface area is 130 Å². The van der Waals surface area contributed by atoms with Crippen LogP contribution in [0.5, 0.6) is 0 Å². The molecule has 1 aromatic carbocycles. The predicted molar refractivity (Wildman–Crippen MR) is 85.3 cm³/mol. The van der Waals surface area contributed by atoms with Gasteiger partial charge in [0.2, 0.25) is 0 Å². The number of benzene rings is 1. The largest absolute Gasteiger partial charge is 0.481 e. The molecule has 2 heterocycles. The van der Waals surface area contributed by atoms with Crippen molar-refractivity contribution in [2.24, 2.45) is 0 Å². The lowest BCUT2D eigenvalue weighted by Crippen LogP contribution is -2.05. The number of thiophene rings is 1. The van der Waals surface area contributed by atoms with Crippen molar-refractivity contribution in [3.8, 4) is 10.7 Å². The van der Waals surface area contributed by atoms with E-state index in [1.165, 1.54) is 6.92 Å². The van der Waals surface area contributed by atoms with Crippen LogP contribution >= 0.6 is 11.3 Å². The number of fused-ring (bicyclic) bond motifs is 1. The fourth-order valence-electron chi connectivity index (χ4n) is 2.38. The molecule has 0 aliphatic rings.